The highest BCUT2D eigenvalue weighted by Crippen LogP contribution is 2.07. The Labute approximate surface area is 76.0 Å². The van der Waals surface area contributed by atoms with Gasteiger partial charge in [0.2, 0.25) is 0 Å². The number of aryl methyl sites for hydroxylation is 1. The zero-order valence-corrected chi connectivity index (χ0v) is 7.62. The van der Waals surface area contributed by atoms with Crippen LogP contribution in [0, 0.1) is 6.92 Å². The lowest BCUT2D eigenvalue weighted by Crippen LogP contribution is -2.19. The van der Waals surface area contributed by atoms with Gasteiger partial charge in [0.15, 0.2) is 0 Å². The van der Waals surface area contributed by atoms with Crippen molar-refractivity contribution in [2.75, 3.05) is 11.6 Å². The van der Waals surface area contributed by atoms with Crippen molar-refractivity contribution >= 4 is 17.4 Å². The summed E-state index contributed by atoms with van der Waals surface area (Å²) in [6, 6.07) is 0. The van der Waals surface area contributed by atoms with Crippen LogP contribution in [0.5, 0.6) is 0 Å². The topological polar surface area (TPSA) is 64.1 Å². The molecule has 0 fully saturated rings. The van der Waals surface area contributed by atoms with E-state index in [4.69, 9.17) is 17.3 Å². The van der Waals surface area contributed by atoms with Crippen molar-refractivity contribution < 1.29 is 5.11 Å². The summed E-state index contributed by atoms with van der Waals surface area (Å²) in [5, 5.41) is 9.24. The van der Waals surface area contributed by atoms with Gasteiger partial charge in [0.25, 0.3) is 0 Å². The first kappa shape index (κ1) is 9.35. The highest BCUT2D eigenvalue weighted by atomic mass is 35.5. The summed E-state index contributed by atoms with van der Waals surface area (Å²) in [7, 11) is 0. The highest BCUT2D eigenvalue weighted by molar-refractivity contribution is 6.18. The van der Waals surface area contributed by atoms with Gasteiger partial charge in [-0.3, -0.25) is 0 Å². The molecule has 0 saturated heterocycles. The van der Waals surface area contributed by atoms with Crippen LogP contribution in [-0.2, 0) is 6.54 Å². The summed E-state index contributed by atoms with van der Waals surface area (Å²) in [4.78, 5) is 3.99. The third-order valence-electron chi connectivity index (χ3n) is 1.66. The van der Waals surface area contributed by atoms with Gasteiger partial charge in [-0.1, -0.05) is 0 Å². The normalized spacial score (nSPS) is 13.2. The first-order chi connectivity index (χ1) is 5.65. The SMILES string of the molecule is Cc1ncc(N)n1CC(O)CCl. The second-order valence-corrected chi connectivity index (χ2v) is 2.96. The highest BCUT2D eigenvalue weighted by Gasteiger charge is 2.08. The molecule has 0 radical (unpaired) electrons. The molecule has 1 aromatic rings. The smallest absolute Gasteiger partial charge is 0.123 e. The van der Waals surface area contributed by atoms with Gasteiger partial charge in [0.1, 0.15) is 11.6 Å². The predicted molar refractivity (Wildman–Crippen MR) is 48.1 cm³/mol. The molecule has 0 aliphatic heterocycles. The zero-order chi connectivity index (χ0) is 9.14. The number of imidazole rings is 1. The third-order valence-corrected chi connectivity index (χ3v) is 2.01. The number of hydrogen-bond acceptors (Lipinski definition) is 3. The molecule has 1 atom stereocenters. The first-order valence-corrected chi connectivity index (χ1v) is 4.20. The molecule has 0 aromatic carbocycles. The molecule has 1 unspecified atom stereocenters. The van der Waals surface area contributed by atoms with Gasteiger partial charge in [0, 0.05) is 0 Å². The number of aliphatic hydroxyl groups is 1. The third kappa shape index (κ3) is 1.89. The Balaban J connectivity index is 2.73. The van der Waals surface area contributed by atoms with E-state index in [0.717, 1.165) is 5.82 Å². The molecule has 0 saturated carbocycles. The summed E-state index contributed by atoms with van der Waals surface area (Å²) in [5.74, 6) is 1.55. The number of aromatic nitrogens is 2. The van der Waals surface area contributed by atoms with Crippen LogP contribution in [0.2, 0.25) is 0 Å². The molecule has 4 nitrogen and oxygen atoms in total. The van der Waals surface area contributed by atoms with Gasteiger partial charge < -0.3 is 15.4 Å². The fourth-order valence-electron chi connectivity index (χ4n) is 0.983. The monoisotopic (exact) mass is 189 g/mol. The van der Waals surface area contributed by atoms with E-state index in [9.17, 15) is 5.11 Å². The Kier molecular flexibility index (Phi) is 2.94. The molecular weight excluding hydrogens is 178 g/mol. The quantitative estimate of drug-likeness (QED) is 0.676. The molecule has 3 N–H and O–H groups in total. The standard InChI is InChI=1S/C7H12ClN3O/c1-5-10-3-7(9)11(5)4-6(12)2-8/h3,6,12H,2,4,9H2,1H3. The van der Waals surface area contributed by atoms with Crippen molar-refractivity contribution in [3.63, 3.8) is 0 Å². The van der Waals surface area contributed by atoms with Crippen LogP contribution in [0.3, 0.4) is 0 Å². The van der Waals surface area contributed by atoms with Gasteiger partial charge in [-0.15, -0.1) is 11.6 Å². The molecule has 1 aromatic heterocycles. The van der Waals surface area contributed by atoms with Gasteiger partial charge in [0.05, 0.1) is 24.7 Å². The lowest BCUT2D eigenvalue weighted by Gasteiger charge is -2.10. The number of anilines is 1. The van der Waals surface area contributed by atoms with Crippen LogP contribution < -0.4 is 5.73 Å². The van der Waals surface area contributed by atoms with Gasteiger partial charge in [-0.25, -0.2) is 4.98 Å². The number of nitrogens with zero attached hydrogens (tertiary/aromatic N) is 2. The van der Waals surface area contributed by atoms with Crippen molar-refractivity contribution in [3.8, 4) is 0 Å². The molecule has 1 rings (SSSR count). The number of aliphatic hydroxyl groups excluding tert-OH is 1. The minimum absolute atomic E-state index is 0.205. The molecule has 1 heterocycles. The van der Waals surface area contributed by atoms with Crippen LogP contribution in [0.25, 0.3) is 0 Å². The largest absolute Gasteiger partial charge is 0.390 e. The minimum Gasteiger partial charge on any atom is -0.390 e. The van der Waals surface area contributed by atoms with Crippen molar-refractivity contribution in [3.05, 3.63) is 12.0 Å². The lowest BCUT2D eigenvalue weighted by molar-refractivity contribution is 0.176. The number of nitrogen functional groups attached to an aromatic ring is 1. The van der Waals surface area contributed by atoms with Crippen molar-refractivity contribution in [1.29, 1.82) is 0 Å². The maximum absolute atomic E-state index is 9.24. The summed E-state index contributed by atoms with van der Waals surface area (Å²) in [5.41, 5.74) is 5.59. The summed E-state index contributed by atoms with van der Waals surface area (Å²) in [6.45, 7) is 2.23. The van der Waals surface area contributed by atoms with Crippen LogP contribution >= 0.6 is 11.6 Å². The van der Waals surface area contributed by atoms with Crippen LogP contribution in [0.15, 0.2) is 6.20 Å². The van der Waals surface area contributed by atoms with E-state index in [1.807, 2.05) is 6.92 Å². The molecule has 5 heteroatoms. The van der Waals surface area contributed by atoms with Crippen molar-refractivity contribution in [1.82, 2.24) is 9.55 Å². The molecule has 0 aliphatic carbocycles. The maximum Gasteiger partial charge on any atom is 0.123 e. The molecule has 0 aliphatic rings. The molecule has 12 heavy (non-hydrogen) atoms. The average Bonchev–Trinajstić information content (AvgIpc) is 2.35. The molecule has 0 spiro atoms. The van der Waals surface area contributed by atoms with E-state index in [0.29, 0.717) is 12.4 Å². The first-order valence-electron chi connectivity index (χ1n) is 3.66. The van der Waals surface area contributed by atoms with E-state index in [1.54, 1.807) is 10.8 Å². The Bertz CT molecular complexity index is 242. The van der Waals surface area contributed by atoms with Crippen LogP contribution in [-0.4, -0.2) is 26.6 Å². The number of rotatable bonds is 3. The number of alkyl halides is 1. The summed E-state index contributed by atoms with van der Waals surface area (Å²) < 4.78 is 1.73. The van der Waals surface area contributed by atoms with Crippen LogP contribution in [0.4, 0.5) is 5.82 Å². The second-order valence-electron chi connectivity index (χ2n) is 2.65. The maximum atomic E-state index is 9.24. The number of hydrogen-bond donors (Lipinski definition) is 2. The average molecular weight is 190 g/mol. The Morgan fingerprint density at radius 3 is 2.92 bits per heavy atom. The Morgan fingerprint density at radius 1 is 1.83 bits per heavy atom. The molecule has 0 amide bonds. The van der Waals surface area contributed by atoms with E-state index in [1.165, 1.54) is 0 Å². The zero-order valence-electron chi connectivity index (χ0n) is 6.87. The van der Waals surface area contributed by atoms with E-state index >= 15 is 0 Å². The van der Waals surface area contributed by atoms with Gasteiger partial charge >= 0.3 is 0 Å². The summed E-state index contributed by atoms with van der Waals surface area (Å²) >= 11 is 5.45. The predicted octanol–water partition coefficient (Wildman–Crippen LogP) is 0.373. The van der Waals surface area contributed by atoms with Gasteiger partial charge in [-0.2, -0.15) is 0 Å². The number of nitrogens with two attached hydrogens (primary N) is 1. The number of halogens is 1. The van der Waals surface area contributed by atoms with E-state index in [-0.39, 0.29) is 5.88 Å². The van der Waals surface area contributed by atoms with Crippen molar-refractivity contribution in [2.24, 2.45) is 0 Å². The minimum atomic E-state index is -0.568. The Morgan fingerprint density at radius 2 is 2.50 bits per heavy atom. The van der Waals surface area contributed by atoms with Crippen LogP contribution in [0.1, 0.15) is 5.82 Å². The molecule has 0 bridgehead atoms. The fourth-order valence-corrected chi connectivity index (χ4v) is 1.08. The fraction of sp³-hybridized carbons (Fsp3) is 0.571. The van der Waals surface area contributed by atoms with Gasteiger partial charge in [-0.05, 0) is 6.92 Å². The molecule has 68 valence electrons. The van der Waals surface area contributed by atoms with Crippen molar-refractivity contribution in [2.45, 2.75) is 19.6 Å². The lowest BCUT2D eigenvalue weighted by atomic mass is 10.4. The Hall–Kier alpha value is -0.740. The second kappa shape index (κ2) is 3.78. The van der Waals surface area contributed by atoms with E-state index < -0.39 is 6.10 Å². The van der Waals surface area contributed by atoms with E-state index in [2.05, 4.69) is 4.98 Å². The molecular formula is C7H12ClN3O. The summed E-state index contributed by atoms with van der Waals surface area (Å²) in [6.07, 6.45) is 0.998.